The van der Waals surface area contributed by atoms with Crippen LogP contribution in [0.2, 0.25) is 0 Å². The van der Waals surface area contributed by atoms with E-state index in [2.05, 4.69) is 15.7 Å². The third-order valence-corrected chi connectivity index (χ3v) is 3.36. The molecule has 1 aromatic heterocycles. The molecule has 1 atom stereocenters. The van der Waals surface area contributed by atoms with E-state index < -0.39 is 6.03 Å². The van der Waals surface area contributed by atoms with Crippen molar-refractivity contribution in [3.05, 3.63) is 58.4 Å². The molecule has 0 bridgehead atoms. The zero-order valence-corrected chi connectivity index (χ0v) is 12.9. The van der Waals surface area contributed by atoms with Crippen LogP contribution >= 0.6 is 0 Å². The first-order chi connectivity index (χ1) is 11.1. The quantitative estimate of drug-likeness (QED) is 0.751. The first-order valence-corrected chi connectivity index (χ1v) is 7.38. The molecule has 2 rings (SSSR count). The van der Waals surface area contributed by atoms with Crippen molar-refractivity contribution >= 4 is 11.8 Å². The normalized spacial score (nSPS) is 11.7. The van der Waals surface area contributed by atoms with Gasteiger partial charge in [-0.2, -0.15) is 5.10 Å². The number of hydrogen-bond donors (Lipinski definition) is 3. The van der Waals surface area contributed by atoms with Gasteiger partial charge in [-0.1, -0.05) is 30.3 Å². The summed E-state index contributed by atoms with van der Waals surface area (Å²) in [5.74, 6) is 0.290. The first kappa shape index (κ1) is 16.7. The first-order valence-electron chi connectivity index (χ1n) is 7.38. The van der Waals surface area contributed by atoms with Gasteiger partial charge in [-0.15, -0.1) is 0 Å². The average molecular weight is 316 g/mol. The van der Waals surface area contributed by atoms with E-state index in [9.17, 15) is 9.59 Å². The molecule has 0 saturated heterocycles. The van der Waals surface area contributed by atoms with Crippen LogP contribution in [0.15, 0.2) is 47.3 Å². The average Bonchev–Trinajstić information content (AvgIpc) is 2.55. The second kappa shape index (κ2) is 8.09. The highest BCUT2D eigenvalue weighted by molar-refractivity contribution is 5.88. The number of nitrogens with zero attached hydrogens (tertiary/aromatic N) is 2. The van der Waals surface area contributed by atoms with E-state index in [4.69, 9.17) is 5.11 Å². The number of aryl methyl sites for hydroxylation is 1. The van der Waals surface area contributed by atoms with Gasteiger partial charge in [0.2, 0.25) is 0 Å². The SMILES string of the molecule is Cn1nc(NC(=O)NC(CCCO)c2ccccc2)ccc1=O. The van der Waals surface area contributed by atoms with Crippen LogP contribution in [0.25, 0.3) is 0 Å². The molecule has 2 amide bonds. The summed E-state index contributed by atoms with van der Waals surface area (Å²) in [5.41, 5.74) is 0.714. The molecule has 3 N–H and O–H groups in total. The lowest BCUT2D eigenvalue weighted by atomic mass is 10.0. The minimum absolute atomic E-state index is 0.0645. The highest BCUT2D eigenvalue weighted by Gasteiger charge is 2.14. The van der Waals surface area contributed by atoms with Gasteiger partial charge in [0, 0.05) is 19.7 Å². The molecule has 0 saturated carbocycles. The number of carbonyl (C=O) groups is 1. The second-order valence-corrected chi connectivity index (χ2v) is 5.11. The van der Waals surface area contributed by atoms with Crippen molar-refractivity contribution in [3.8, 4) is 0 Å². The maximum atomic E-state index is 12.1. The van der Waals surface area contributed by atoms with E-state index in [1.165, 1.54) is 19.2 Å². The van der Waals surface area contributed by atoms with Crippen molar-refractivity contribution in [1.82, 2.24) is 15.1 Å². The smallest absolute Gasteiger partial charge is 0.320 e. The van der Waals surface area contributed by atoms with Crippen molar-refractivity contribution in [2.45, 2.75) is 18.9 Å². The van der Waals surface area contributed by atoms with Gasteiger partial charge >= 0.3 is 6.03 Å². The van der Waals surface area contributed by atoms with Crippen LogP contribution in [0.3, 0.4) is 0 Å². The zero-order valence-electron chi connectivity index (χ0n) is 12.9. The summed E-state index contributed by atoms with van der Waals surface area (Å²) < 4.78 is 1.15. The predicted octanol–water partition coefficient (Wildman–Crippen LogP) is 1.42. The Labute approximate surface area is 134 Å². The molecule has 2 aromatic rings. The number of rotatable bonds is 6. The van der Waals surface area contributed by atoms with Crippen molar-refractivity contribution in [3.63, 3.8) is 0 Å². The van der Waals surface area contributed by atoms with Crippen LogP contribution in [-0.2, 0) is 7.05 Å². The molecule has 1 unspecified atom stereocenters. The summed E-state index contributed by atoms with van der Waals surface area (Å²) in [6, 6.07) is 11.7. The van der Waals surface area contributed by atoms with Crippen molar-refractivity contribution in [1.29, 1.82) is 0 Å². The Bertz CT molecular complexity index is 700. The van der Waals surface area contributed by atoms with Gasteiger partial charge in [0.15, 0.2) is 5.82 Å². The molecular formula is C16H20N4O3. The lowest BCUT2D eigenvalue weighted by molar-refractivity contribution is 0.243. The summed E-state index contributed by atoms with van der Waals surface area (Å²) in [4.78, 5) is 23.4. The fourth-order valence-corrected chi connectivity index (χ4v) is 2.18. The third kappa shape index (κ3) is 4.93. The van der Waals surface area contributed by atoms with Gasteiger partial charge in [-0.25, -0.2) is 9.48 Å². The van der Waals surface area contributed by atoms with Crippen molar-refractivity contribution in [2.24, 2.45) is 7.05 Å². The molecule has 122 valence electrons. The highest BCUT2D eigenvalue weighted by atomic mass is 16.3. The second-order valence-electron chi connectivity index (χ2n) is 5.11. The van der Waals surface area contributed by atoms with E-state index in [0.717, 1.165) is 10.2 Å². The Morgan fingerprint density at radius 1 is 1.26 bits per heavy atom. The van der Waals surface area contributed by atoms with Crippen LogP contribution in [0, 0.1) is 0 Å². The minimum atomic E-state index is -0.414. The largest absolute Gasteiger partial charge is 0.396 e. The number of anilines is 1. The number of urea groups is 1. The molecule has 7 heteroatoms. The standard InChI is InChI=1S/C16H20N4O3/c1-20-15(22)10-9-14(19-20)18-16(23)17-13(8-5-11-21)12-6-3-2-4-7-12/h2-4,6-7,9-10,13,21H,5,8,11H2,1H3,(H2,17,18,19,23). The van der Waals surface area contributed by atoms with E-state index in [1.807, 2.05) is 30.3 Å². The van der Waals surface area contributed by atoms with Gasteiger partial charge < -0.3 is 10.4 Å². The number of hydrogen-bond acceptors (Lipinski definition) is 4. The van der Waals surface area contributed by atoms with Crippen LogP contribution in [0.5, 0.6) is 0 Å². The zero-order chi connectivity index (χ0) is 16.7. The number of nitrogens with one attached hydrogen (secondary N) is 2. The Hall–Kier alpha value is -2.67. The Morgan fingerprint density at radius 2 is 2.00 bits per heavy atom. The summed E-state index contributed by atoms with van der Waals surface area (Å²) in [6.07, 6.45) is 1.20. The molecule has 0 radical (unpaired) electrons. The Kier molecular flexibility index (Phi) is 5.87. The summed E-state index contributed by atoms with van der Waals surface area (Å²) in [7, 11) is 1.51. The van der Waals surface area contributed by atoms with Gasteiger partial charge in [0.25, 0.3) is 5.56 Å². The Balaban J connectivity index is 2.04. The van der Waals surface area contributed by atoms with E-state index >= 15 is 0 Å². The topological polar surface area (TPSA) is 96.2 Å². The molecule has 0 aliphatic carbocycles. The van der Waals surface area contributed by atoms with E-state index in [0.29, 0.717) is 18.7 Å². The molecule has 1 heterocycles. The van der Waals surface area contributed by atoms with E-state index in [1.54, 1.807) is 0 Å². The number of amides is 2. The molecule has 1 aromatic carbocycles. The summed E-state index contributed by atoms with van der Waals surface area (Å²) in [6.45, 7) is 0.0645. The summed E-state index contributed by atoms with van der Waals surface area (Å²) in [5, 5.41) is 18.4. The van der Waals surface area contributed by atoms with Gasteiger partial charge in [0.05, 0.1) is 6.04 Å². The Morgan fingerprint density at radius 3 is 2.65 bits per heavy atom. The fourth-order valence-electron chi connectivity index (χ4n) is 2.18. The molecule has 0 spiro atoms. The molecule has 23 heavy (non-hydrogen) atoms. The lowest BCUT2D eigenvalue weighted by Crippen LogP contribution is -2.33. The number of aromatic nitrogens is 2. The molecule has 0 aliphatic rings. The number of aliphatic hydroxyl groups excluding tert-OH is 1. The number of aliphatic hydroxyl groups is 1. The number of carbonyl (C=O) groups excluding carboxylic acids is 1. The van der Waals surface area contributed by atoms with Crippen molar-refractivity contribution < 1.29 is 9.90 Å². The highest BCUT2D eigenvalue weighted by Crippen LogP contribution is 2.18. The van der Waals surface area contributed by atoms with Crippen molar-refractivity contribution in [2.75, 3.05) is 11.9 Å². The minimum Gasteiger partial charge on any atom is -0.396 e. The lowest BCUT2D eigenvalue weighted by Gasteiger charge is -2.19. The van der Waals surface area contributed by atoms with Crippen LogP contribution in [0.1, 0.15) is 24.4 Å². The number of benzene rings is 1. The molecule has 0 aliphatic heterocycles. The van der Waals surface area contributed by atoms with Crippen LogP contribution < -0.4 is 16.2 Å². The molecule has 0 fully saturated rings. The van der Waals surface area contributed by atoms with E-state index in [-0.39, 0.29) is 18.2 Å². The van der Waals surface area contributed by atoms with Gasteiger partial charge in [0.1, 0.15) is 0 Å². The monoisotopic (exact) mass is 316 g/mol. The van der Waals surface area contributed by atoms with Gasteiger partial charge in [-0.05, 0) is 24.5 Å². The fraction of sp³-hybridized carbons (Fsp3) is 0.312. The molecular weight excluding hydrogens is 296 g/mol. The van der Waals surface area contributed by atoms with Crippen LogP contribution in [-0.4, -0.2) is 27.5 Å². The van der Waals surface area contributed by atoms with Gasteiger partial charge in [-0.3, -0.25) is 10.1 Å². The third-order valence-electron chi connectivity index (χ3n) is 3.36. The maximum Gasteiger partial charge on any atom is 0.320 e. The predicted molar refractivity (Wildman–Crippen MR) is 87.1 cm³/mol. The maximum absolute atomic E-state index is 12.1. The molecule has 7 nitrogen and oxygen atoms in total. The summed E-state index contributed by atoms with van der Waals surface area (Å²) >= 11 is 0. The van der Waals surface area contributed by atoms with Crippen LogP contribution in [0.4, 0.5) is 10.6 Å².